The van der Waals surface area contributed by atoms with Crippen LogP contribution in [0.3, 0.4) is 0 Å². The lowest BCUT2D eigenvalue weighted by molar-refractivity contribution is -0.154. The molecule has 1 heterocycles. The number of hydrogen-bond donors (Lipinski definition) is 1. The number of piperazine rings is 1. The van der Waals surface area contributed by atoms with Gasteiger partial charge in [0.1, 0.15) is 11.6 Å². The monoisotopic (exact) mass is 270 g/mol. The van der Waals surface area contributed by atoms with E-state index in [2.05, 4.69) is 5.32 Å². The third-order valence-corrected chi connectivity index (χ3v) is 4.08. The third kappa shape index (κ3) is 3.26. The number of nitrogens with zero attached hydrogens (tertiary/aromatic N) is 1. The third-order valence-electron chi connectivity index (χ3n) is 4.08. The van der Waals surface area contributed by atoms with Gasteiger partial charge in [-0.25, -0.2) is 0 Å². The zero-order chi connectivity index (χ0) is 14.5. The van der Waals surface area contributed by atoms with Crippen molar-refractivity contribution in [2.75, 3.05) is 20.3 Å². The van der Waals surface area contributed by atoms with Crippen LogP contribution in [-0.4, -0.2) is 48.6 Å². The van der Waals surface area contributed by atoms with Crippen LogP contribution in [0.1, 0.15) is 46.5 Å². The first-order valence-electron chi connectivity index (χ1n) is 7.14. The molecule has 0 bridgehead atoms. The molecule has 1 atom stereocenters. The molecule has 1 unspecified atom stereocenters. The van der Waals surface area contributed by atoms with Gasteiger partial charge in [-0.05, 0) is 32.6 Å². The number of rotatable bonds is 7. The topological polar surface area (TPSA) is 58.6 Å². The second kappa shape index (κ2) is 6.89. The van der Waals surface area contributed by atoms with Gasteiger partial charge < -0.3 is 15.0 Å². The van der Waals surface area contributed by atoms with Crippen LogP contribution in [-0.2, 0) is 14.3 Å². The SMILES string of the molecule is CCC1(CC)NC(=O)C(C)N(CCCCOC)C1=O. The van der Waals surface area contributed by atoms with Gasteiger partial charge in [0.05, 0.1) is 0 Å². The minimum Gasteiger partial charge on any atom is -0.385 e. The van der Waals surface area contributed by atoms with E-state index in [9.17, 15) is 9.59 Å². The van der Waals surface area contributed by atoms with E-state index in [-0.39, 0.29) is 17.9 Å². The van der Waals surface area contributed by atoms with E-state index < -0.39 is 5.54 Å². The quantitative estimate of drug-likeness (QED) is 0.710. The second-order valence-corrected chi connectivity index (χ2v) is 5.15. The summed E-state index contributed by atoms with van der Waals surface area (Å²) >= 11 is 0. The lowest BCUT2D eigenvalue weighted by Gasteiger charge is -2.44. The molecule has 1 aliphatic heterocycles. The van der Waals surface area contributed by atoms with E-state index in [4.69, 9.17) is 4.74 Å². The Bertz CT molecular complexity index is 327. The molecule has 0 aromatic heterocycles. The van der Waals surface area contributed by atoms with Gasteiger partial charge in [-0.2, -0.15) is 0 Å². The van der Waals surface area contributed by atoms with Gasteiger partial charge in [0.15, 0.2) is 0 Å². The van der Waals surface area contributed by atoms with Crippen molar-refractivity contribution in [3.05, 3.63) is 0 Å². The fourth-order valence-electron chi connectivity index (χ4n) is 2.54. The molecule has 0 saturated carbocycles. The standard InChI is InChI=1S/C14H26N2O3/c1-5-14(6-2)13(18)16(9-7-8-10-19-4)11(3)12(17)15-14/h11H,5-10H2,1-4H3,(H,15,17). The molecular weight excluding hydrogens is 244 g/mol. The molecule has 0 aromatic rings. The number of unbranched alkanes of at least 4 members (excludes halogenated alkanes) is 1. The maximum absolute atomic E-state index is 12.6. The molecule has 1 aliphatic rings. The Labute approximate surface area is 115 Å². The predicted octanol–water partition coefficient (Wildman–Crippen LogP) is 1.32. The number of nitrogens with one attached hydrogen (secondary N) is 1. The van der Waals surface area contributed by atoms with Gasteiger partial charge in [0, 0.05) is 20.3 Å². The summed E-state index contributed by atoms with van der Waals surface area (Å²) in [4.78, 5) is 26.4. The predicted molar refractivity (Wildman–Crippen MR) is 73.7 cm³/mol. The van der Waals surface area contributed by atoms with Crippen molar-refractivity contribution >= 4 is 11.8 Å². The van der Waals surface area contributed by atoms with Gasteiger partial charge in [-0.1, -0.05) is 13.8 Å². The van der Waals surface area contributed by atoms with E-state index in [0.29, 0.717) is 26.0 Å². The molecule has 0 aliphatic carbocycles. The summed E-state index contributed by atoms with van der Waals surface area (Å²) in [5, 5.41) is 2.91. The highest BCUT2D eigenvalue weighted by Gasteiger charge is 2.46. The number of carbonyl (C=O) groups is 2. The lowest BCUT2D eigenvalue weighted by atomic mass is 9.87. The van der Waals surface area contributed by atoms with Crippen molar-refractivity contribution < 1.29 is 14.3 Å². The number of ether oxygens (including phenoxy) is 1. The van der Waals surface area contributed by atoms with Gasteiger partial charge in [-0.3, -0.25) is 9.59 Å². The molecule has 110 valence electrons. The van der Waals surface area contributed by atoms with Gasteiger partial charge in [0.25, 0.3) is 0 Å². The van der Waals surface area contributed by atoms with Crippen molar-refractivity contribution in [1.82, 2.24) is 10.2 Å². The van der Waals surface area contributed by atoms with Crippen LogP contribution >= 0.6 is 0 Å². The number of methoxy groups -OCH3 is 1. The first-order chi connectivity index (χ1) is 9.02. The van der Waals surface area contributed by atoms with Gasteiger partial charge in [-0.15, -0.1) is 0 Å². The van der Waals surface area contributed by atoms with Crippen molar-refractivity contribution in [1.29, 1.82) is 0 Å². The maximum Gasteiger partial charge on any atom is 0.248 e. The fourth-order valence-corrected chi connectivity index (χ4v) is 2.54. The Balaban J connectivity index is 2.75. The first-order valence-corrected chi connectivity index (χ1v) is 7.14. The summed E-state index contributed by atoms with van der Waals surface area (Å²) in [6, 6.07) is -0.374. The van der Waals surface area contributed by atoms with Crippen molar-refractivity contribution in [3.63, 3.8) is 0 Å². The van der Waals surface area contributed by atoms with Crippen LogP contribution in [0.25, 0.3) is 0 Å². The minimum absolute atomic E-state index is 0.0463. The molecule has 0 aromatic carbocycles. The molecule has 5 heteroatoms. The van der Waals surface area contributed by atoms with Crippen molar-refractivity contribution in [2.24, 2.45) is 0 Å². The Kier molecular flexibility index (Phi) is 5.79. The largest absolute Gasteiger partial charge is 0.385 e. The molecule has 1 fully saturated rings. The summed E-state index contributed by atoms with van der Waals surface area (Å²) < 4.78 is 5.01. The normalized spacial score (nSPS) is 22.5. The highest BCUT2D eigenvalue weighted by molar-refractivity contribution is 5.99. The number of amides is 2. The van der Waals surface area contributed by atoms with Crippen molar-refractivity contribution in [3.8, 4) is 0 Å². The first kappa shape index (κ1) is 16.0. The Morgan fingerprint density at radius 3 is 2.42 bits per heavy atom. The highest BCUT2D eigenvalue weighted by atomic mass is 16.5. The zero-order valence-corrected chi connectivity index (χ0v) is 12.5. The van der Waals surface area contributed by atoms with Crippen LogP contribution in [0.4, 0.5) is 0 Å². The van der Waals surface area contributed by atoms with E-state index in [1.165, 1.54) is 0 Å². The summed E-state index contributed by atoms with van der Waals surface area (Å²) in [6.45, 7) is 6.99. The number of hydrogen-bond acceptors (Lipinski definition) is 3. The van der Waals surface area contributed by atoms with E-state index in [0.717, 1.165) is 12.8 Å². The molecule has 5 nitrogen and oxygen atoms in total. The zero-order valence-electron chi connectivity index (χ0n) is 12.5. The van der Waals surface area contributed by atoms with E-state index in [1.807, 2.05) is 13.8 Å². The van der Waals surface area contributed by atoms with Crippen LogP contribution < -0.4 is 5.32 Å². The van der Waals surface area contributed by atoms with Crippen LogP contribution in [0, 0.1) is 0 Å². The van der Waals surface area contributed by atoms with Crippen LogP contribution in [0.2, 0.25) is 0 Å². The van der Waals surface area contributed by atoms with E-state index >= 15 is 0 Å². The smallest absolute Gasteiger partial charge is 0.248 e. The molecule has 1 saturated heterocycles. The second-order valence-electron chi connectivity index (χ2n) is 5.15. The number of carbonyl (C=O) groups excluding carboxylic acids is 2. The van der Waals surface area contributed by atoms with Gasteiger partial charge >= 0.3 is 0 Å². The Hall–Kier alpha value is -1.10. The lowest BCUT2D eigenvalue weighted by Crippen LogP contribution is -2.69. The van der Waals surface area contributed by atoms with Crippen molar-refractivity contribution in [2.45, 2.75) is 58.0 Å². The summed E-state index contributed by atoms with van der Waals surface area (Å²) in [5.41, 5.74) is -0.704. The molecule has 2 amide bonds. The van der Waals surface area contributed by atoms with E-state index in [1.54, 1.807) is 18.9 Å². The van der Waals surface area contributed by atoms with Crippen LogP contribution in [0.15, 0.2) is 0 Å². The summed E-state index contributed by atoms with van der Waals surface area (Å²) in [5.74, 6) is 0.0112. The molecule has 1 rings (SSSR count). The van der Waals surface area contributed by atoms with Gasteiger partial charge in [0.2, 0.25) is 11.8 Å². The Morgan fingerprint density at radius 2 is 1.89 bits per heavy atom. The average molecular weight is 270 g/mol. The molecule has 1 N–H and O–H groups in total. The summed E-state index contributed by atoms with van der Waals surface area (Å²) in [6.07, 6.45) is 3.03. The fraction of sp³-hybridized carbons (Fsp3) is 0.857. The summed E-state index contributed by atoms with van der Waals surface area (Å²) in [7, 11) is 1.67. The highest BCUT2D eigenvalue weighted by Crippen LogP contribution is 2.25. The Morgan fingerprint density at radius 1 is 1.26 bits per heavy atom. The maximum atomic E-state index is 12.6. The minimum atomic E-state index is -0.704. The molecular formula is C14H26N2O3. The molecule has 0 spiro atoms. The van der Waals surface area contributed by atoms with Crippen LogP contribution in [0.5, 0.6) is 0 Å². The molecule has 0 radical (unpaired) electrons. The molecule has 19 heavy (non-hydrogen) atoms. The average Bonchev–Trinajstić information content (AvgIpc) is 2.42.